The Labute approximate surface area is 66.1 Å². The average Bonchev–Trinajstić information content (AvgIpc) is 2.28. The lowest BCUT2D eigenvalue weighted by molar-refractivity contribution is 0.0222. The molecule has 0 spiro atoms. The second kappa shape index (κ2) is 3.49. The molecule has 1 fully saturated rings. The van der Waals surface area contributed by atoms with Gasteiger partial charge in [0.25, 0.3) is 0 Å². The van der Waals surface area contributed by atoms with Crippen LogP contribution in [0.4, 0.5) is 0 Å². The van der Waals surface area contributed by atoms with Crippen LogP contribution in [0, 0.1) is 0 Å². The second-order valence-corrected chi connectivity index (χ2v) is 2.90. The standard InChI is InChI=1S/C7H15NO3/c1-2-8-3-6(10)7(11)5(8)4-9/h5-7,9-11H,2-4H2,1H3/t5-,6-,7-/m1/s1. The van der Waals surface area contributed by atoms with Gasteiger partial charge in [0.2, 0.25) is 0 Å². The van der Waals surface area contributed by atoms with Crippen LogP contribution in [0.25, 0.3) is 0 Å². The number of hydrogen-bond donors (Lipinski definition) is 3. The fourth-order valence-corrected chi connectivity index (χ4v) is 1.54. The number of likely N-dealkylation sites (N-methyl/N-ethyl adjacent to an activating group) is 1. The zero-order valence-corrected chi connectivity index (χ0v) is 6.64. The molecule has 0 radical (unpaired) electrons. The van der Waals surface area contributed by atoms with Crippen LogP contribution in [-0.4, -0.2) is 58.2 Å². The van der Waals surface area contributed by atoms with Crippen molar-refractivity contribution in [3.8, 4) is 0 Å². The first kappa shape index (κ1) is 8.93. The van der Waals surface area contributed by atoms with E-state index in [9.17, 15) is 10.2 Å². The van der Waals surface area contributed by atoms with Gasteiger partial charge in [-0.2, -0.15) is 0 Å². The van der Waals surface area contributed by atoms with E-state index >= 15 is 0 Å². The lowest BCUT2D eigenvalue weighted by Crippen LogP contribution is -2.38. The van der Waals surface area contributed by atoms with Crippen molar-refractivity contribution < 1.29 is 15.3 Å². The van der Waals surface area contributed by atoms with Gasteiger partial charge in [-0.3, -0.25) is 4.90 Å². The van der Waals surface area contributed by atoms with Crippen LogP contribution in [0.1, 0.15) is 6.92 Å². The van der Waals surface area contributed by atoms with Gasteiger partial charge in [-0.15, -0.1) is 0 Å². The summed E-state index contributed by atoms with van der Waals surface area (Å²) in [4.78, 5) is 1.87. The predicted octanol–water partition coefficient (Wildman–Crippen LogP) is -1.60. The molecular formula is C7H15NO3. The van der Waals surface area contributed by atoms with E-state index in [0.717, 1.165) is 6.54 Å². The average molecular weight is 161 g/mol. The number of rotatable bonds is 2. The van der Waals surface area contributed by atoms with Gasteiger partial charge < -0.3 is 15.3 Å². The smallest absolute Gasteiger partial charge is 0.0988 e. The number of aliphatic hydroxyl groups is 3. The van der Waals surface area contributed by atoms with E-state index in [1.54, 1.807) is 0 Å². The minimum atomic E-state index is -0.792. The van der Waals surface area contributed by atoms with Gasteiger partial charge in [0.1, 0.15) is 0 Å². The van der Waals surface area contributed by atoms with E-state index in [4.69, 9.17) is 5.11 Å². The Kier molecular flexibility index (Phi) is 2.84. The van der Waals surface area contributed by atoms with E-state index in [2.05, 4.69) is 0 Å². The molecule has 0 aromatic rings. The van der Waals surface area contributed by atoms with E-state index in [0.29, 0.717) is 6.54 Å². The summed E-state index contributed by atoms with van der Waals surface area (Å²) in [5.74, 6) is 0. The van der Waals surface area contributed by atoms with Crippen LogP contribution in [0.2, 0.25) is 0 Å². The van der Waals surface area contributed by atoms with Crippen molar-refractivity contribution in [2.24, 2.45) is 0 Å². The van der Waals surface area contributed by atoms with Crippen LogP contribution in [0.3, 0.4) is 0 Å². The largest absolute Gasteiger partial charge is 0.395 e. The predicted molar refractivity (Wildman–Crippen MR) is 40.1 cm³/mol. The first-order chi connectivity index (χ1) is 5.20. The Morgan fingerprint density at radius 2 is 2.09 bits per heavy atom. The summed E-state index contributed by atoms with van der Waals surface area (Å²) in [7, 11) is 0. The molecule has 1 saturated heterocycles. The fraction of sp³-hybridized carbons (Fsp3) is 1.00. The molecule has 1 rings (SSSR count). The molecule has 0 aliphatic carbocycles. The van der Waals surface area contributed by atoms with Gasteiger partial charge in [-0.25, -0.2) is 0 Å². The van der Waals surface area contributed by atoms with Crippen molar-refractivity contribution in [2.75, 3.05) is 19.7 Å². The minimum absolute atomic E-state index is 0.0912. The zero-order valence-electron chi connectivity index (χ0n) is 6.64. The van der Waals surface area contributed by atoms with Gasteiger partial charge in [0.05, 0.1) is 24.9 Å². The van der Waals surface area contributed by atoms with E-state index in [-0.39, 0.29) is 12.6 Å². The summed E-state index contributed by atoms with van der Waals surface area (Å²) < 4.78 is 0. The highest BCUT2D eigenvalue weighted by Crippen LogP contribution is 2.17. The van der Waals surface area contributed by atoms with Crippen molar-refractivity contribution in [2.45, 2.75) is 25.2 Å². The summed E-state index contributed by atoms with van der Waals surface area (Å²) in [5, 5.41) is 27.3. The van der Waals surface area contributed by atoms with Crippen molar-refractivity contribution in [3.05, 3.63) is 0 Å². The summed E-state index contributed by atoms with van der Waals surface area (Å²) in [6.45, 7) is 3.06. The molecule has 0 saturated carbocycles. The molecule has 4 heteroatoms. The Morgan fingerprint density at radius 1 is 1.45 bits per heavy atom. The van der Waals surface area contributed by atoms with Crippen LogP contribution in [0.5, 0.6) is 0 Å². The maximum absolute atomic E-state index is 9.31. The SMILES string of the molecule is CCN1C[C@@H](O)[C@H](O)[C@H]1CO. The van der Waals surface area contributed by atoms with Gasteiger partial charge >= 0.3 is 0 Å². The third-order valence-corrected chi connectivity index (χ3v) is 2.27. The highest BCUT2D eigenvalue weighted by atomic mass is 16.3. The van der Waals surface area contributed by atoms with Crippen molar-refractivity contribution >= 4 is 0 Å². The molecule has 1 aliphatic heterocycles. The van der Waals surface area contributed by atoms with Crippen LogP contribution < -0.4 is 0 Å². The van der Waals surface area contributed by atoms with E-state index in [1.165, 1.54) is 0 Å². The van der Waals surface area contributed by atoms with Gasteiger partial charge in [0, 0.05) is 6.54 Å². The van der Waals surface area contributed by atoms with Gasteiger partial charge in [-0.1, -0.05) is 6.92 Å². The molecule has 66 valence electrons. The van der Waals surface area contributed by atoms with Crippen LogP contribution in [-0.2, 0) is 0 Å². The number of nitrogens with zero attached hydrogens (tertiary/aromatic N) is 1. The summed E-state index contributed by atoms with van der Waals surface area (Å²) in [5.41, 5.74) is 0. The molecule has 0 aromatic carbocycles. The van der Waals surface area contributed by atoms with Gasteiger partial charge in [0.15, 0.2) is 0 Å². The topological polar surface area (TPSA) is 63.9 Å². The van der Waals surface area contributed by atoms with Crippen LogP contribution >= 0.6 is 0 Å². The third-order valence-electron chi connectivity index (χ3n) is 2.27. The molecule has 3 atom stereocenters. The number of likely N-dealkylation sites (tertiary alicyclic amines) is 1. The maximum atomic E-state index is 9.31. The summed E-state index contributed by atoms with van der Waals surface area (Å²) >= 11 is 0. The number of hydrogen-bond acceptors (Lipinski definition) is 4. The third kappa shape index (κ3) is 1.54. The monoisotopic (exact) mass is 161 g/mol. The molecule has 1 heterocycles. The molecule has 1 aliphatic rings. The number of aliphatic hydroxyl groups excluding tert-OH is 3. The first-order valence-electron chi connectivity index (χ1n) is 3.91. The molecule has 0 amide bonds. The number of β-amino-alcohol motifs (C(OH)–C–C–N with tert-alkyl or cyclic N) is 1. The summed E-state index contributed by atoms with van der Waals surface area (Å²) in [6.07, 6.45) is -1.49. The normalized spacial score (nSPS) is 39.8. The molecule has 3 N–H and O–H groups in total. The molecule has 0 aromatic heterocycles. The zero-order chi connectivity index (χ0) is 8.43. The lowest BCUT2D eigenvalue weighted by atomic mass is 10.1. The highest BCUT2D eigenvalue weighted by molar-refractivity contribution is 4.92. The molecule has 4 nitrogen and oxygen atoms in total. The Morgan fingerprint density at radius 3 is 2.45 bits per heavy atom. The Bertz CT molecular complexity index is 131. The quantitative estimate of drug-likeness (QED) is 0.456. The molecule has 0 unspecified atom stereocenters. The van der Waals surface area contributed by atoms with E-state index in [1.807, 2.05) is 11.8 Å². The fourth-order valence-electron chi connectivity index (χ4n) is 1.54. The van der Waals surface area contributed by atoms with Gasteiger partial charge in [-0.05, 0) is 6.54 Å². The maximum Gasteiger partial charge on any atom is 0.0988 e. The van der Waals surface area contributed by atoms with E-state index < -0.39 is 12.2 Å². The first-order valence-corrected chi connectivity index (χ1v) is 3.91. The van der Waals surface area contributed by atoms with Crippen molar-refractivity contribution in [3.63, 3.8) is 0 Å². The Balaban J connectivity index is 2.57. The van der Waals surface area contributed by atoms with Crippen LogP contribution in [0.15, 0.2) is 0 Å². The molecule has 11 heavy (non-hydrogen) atoms. The minimum Gasteiger partial charge on any atom is -0.395 e. The molecular weight excluding hydrogens is 146 g/mol. The lowest BCUT2D eigenvalue weighted by Gasteiger charge is -2.21. The van der Waals surface area contributed by atoms with Crippen molar-refractivity contribution in [1.29, 1.82) is 0 Å². The molecule has 0 bridgehead atoms. The Hall–Kier alpha value is -0.160. The second-order valence-electron chi connectivity index (χ2n) is 2.90. The summed E-state index contributed by atoms with van der Waals surface area (Å²) in [6, 6.07) is -0.282. The van der Waals surface area contributed by atoms with Crippen molar-refractivity contribution in [1.82, 2.24) is 4.90 Å². The highest BCUT2D eigenvalue weighted by Gasteiger charge is 2.38.